The Labute approximate surface area is 208 Å². The predicted octanol–water partition coefficient (Wildman–Crippen LogP) is 4.02. The van der Waals surface area contributed by atoms with Crippen molar-refractivity contribution < 1.29 is 28.6 Å². The molecule has 7 nitrogen and oxygen atoms in total. The predicted molar refractivity (Wildman–Crippen MR) is 130 cm³/mol. The maximum Gasteiger partial charge on any atom is 0.295 e. The number of morpholine rings is 1. The van der Waals surface area contributed by atoms with Crippen LogP contribution in [-0.2, 0) is 14.3 Å². The van der Waals surface area contributed by atoms with Crippen molar-refractivity contribution in [3.8, 4) is 5.75 Å². The number of hydrogen-bond acceptors (Lipinski definition) is 6. The van der Waals surface area contributed by atoms with E-state index in [1.54, 1.807) is 38.1 Å². The molecule has 0 radical (unpaired) electrons. The number of rotatable bonds is 7. The van der Waals surface area contributed by atoms with Crippen molar-refractivity contribution in [2.24, 2.45) is 0 Å². The lowest BCUT2D eigenvalue weighted by molar-refractivity contribution is -0.140. The molecule has 1 atom stereocenters. The summed E-state index contributed by atoms with van der Waals surface area (Å²) in [7, 11) is 0. The molecule has 2 saturated heterocycles. The number of aliphatic hydroxyl groups is 1. The third-order valence-corrected chi connectivity index (χ3v) is 6.31. The first-order valence-corrected chi connectivity index (χ1v) is 11.9. The van der Waals surface area contributed by atoms with Crippen LogP contribution in [0.5, 0.6) is 5.75 Å². The van der Waals surface area contributed by atoms with Gasteiger partial charge in [0.05, 0.1) is 30.9 Å². The minimum Gasteiger partial charge on any atom is -0.507 e. The van der Waals surface area contributed by atoms with Gasteiger partial charge >= 0.3 is 0 Å². The first kappa shape index (κ1) is 25.2. The van der Waals surface area contributed by atoms with Crippen LogP contribution >= 0.6 is 11.6 Å². The Morgan fingerprint density at radius 1 is 1.14 bits per heavy atom. The lowest BCUT2D eigenvalue weighted by Gasteiger charge is -2.31. The summed E-state index contributed by atoms with van der Waals surface area (Å²) >= 11 is 6.06. The molecule has 2 fully saturated rings. The van der Waals surface area contributed by atoms with Gasteiger partial charge in [0.2, 0.25) is 0 Å². The summed E-state index contributed by atoms with van der Waals surface area (Å²) < 4.78 is 25.5. The van der Waals surface area contributed by atoms with E-state index in [9.17, 15) is 19.1 Å². The van der Waals surface area contributed by atoms with Crippen molar-refractivity contribution in [2.75, 3.05) is 39.4 Å². The first-order valence-electron chi connectivity index (χ1n) is 11.6. The van der Waals surface area contributed by atoms with Crippen molar-refractivity contribution in [1.82, 2.24) is 9.80 Å². The highest BCUT2D eigenvalue weighted by Crippen LogP contribution is 2.40. The van der Waals surface area contributed by atoms with Crippen LogP contribution in [0.2, 0.25) is 5.02 Å². The summed E-state index contributed by atoms with van der Waals surface area (Å²) in [5.74, 6) is -2.59. The number of nitrogens with zero attached hydrogens (tertiary/aromatic N) is 2. The second-order valence-corrected chi connectivity index (χ2v) is 9.25. The summed E-state index contributed by atoms with van der Waals surface area (Å²) in [6.07, 6.45) is -0.231. The maximum atomic E-state index is 14.6. The van der Waals surface area contributed by atoms with Gasteiger partial charge in [-0.3, -0.25) is 14.5 Å². The molecule has 2 aromatic rings. The van der Waals surface area contributed by atoms with E-state index in [1.807, 2.05) is 0 Å². The zero-order valence-corrected chi connectivity index (χ0v) is 20.4. The van der Waals surface area contributed by atoms with Gasteiger partial charge in [-0.25, -0.2) is 4.39 Å². The normalized spacial score (nSPS) is 20.6. The van der Waals surface area contributed by atoms with Crippen LogP contribution in [0.25, 0.3) is 5.76 Å². The van der Waals surface area contributed by atoms with E-state index in [-0.39, 0.29) is 29.5 Å². The molecular formula is C26H28ClFN2O5. The number of hydrogen-bond donors (Lipinski definition) is 1. The number of likely N-dealkylation sites (tertiary alicyclic amines) is 1. The zero-order chi connectivity index (χ0) is 25.1. The Hall–Kier alpha value is -2.94. The van der Waals surface area contributed by atoms with Crippen LogP contribution in [-0.4, -0.2) is 72.1 Å². The third kappa shape index (κ3) is 5.50. The second kappa shape index (κ2) is 10.8. The van der Waals surface area contributed by atoms with Gasteiger partial charge in [0.15, 0.2) is 11.6 Å². The van der Waals surface area contributed by atoms with Crippen LogP contribution in [0.4, 0.5) is 4.39 Å². The molecule has 2 aliphatic rings. The molecule has 35 heavy (non-hydrogen) atoms. The lowest BCUT2D eigenvalue weighted by Crippen LogP contribution is -2.42. The Kier molecular flexibility index (Phi) is 7.74. The standard InChI is InChI=1S/C26H28ClFN2O5/c1-16(2)35-21-8-5-18(15-20(21)28)24(31)22-23(17-3-6-19(27)7-4-17)30(26(33)25(22)32)10-9-29-11-13-34-14-12-29/h3-8,15-16,23,31H,9-14H2,1-2H3/b24-22-. The number of carbonyl (C=O) groups is 2. The van der Waals surface area contributed by atoms with Crippen LogP contribution in [0.15, 0.2) is 48.0 Å². The number of aliphatic hydroxyl groups excluding tert-OH is 1. The smallest absolute Gasteiger partial charge is 0.295 e. The number of benzene rings is 2. The molecule has 0 saturated carbocycles. The van der Waals surface area contributed by atoms with Gasteiger partial charge in [-0.05, 0) is 49.7 Å². The van der Waals surface area contributed by atoms with E-state index < -0.39 is 29.3 Å². The highest BCUT2D eigenvalue weighted by molar-refractivity contribution is 6.46. The summed E-state index contributed by atoms with van der Waals surface area (Å²) in [6.45, 7) is 7.08. The molecule has 0 aliphatic carbocycles. The lowest BCUT2D eigenvalue weighted by atomic mass is 9.95. The van der Waals surface area contributed by atoms with Gasteiger partial charge in [0.1, 0.15) is 5.76 Å². The molecule has 9 heteroatoms. The molecule has 186 valence electrons. The van der Waals surface area contributed by atoms with Crippen LogP contribution in [0, 0.1) is 5.82 Å². The molecule has 1 N–H and O–H groups in total. The summed E-state index contributed by atoms with van der Waals surface area (Å²) in [5, 5.41) is 11.6. The van der Waals surface area contributed by atoms with Crippen molar-refractivity contribution >= 4 is 29.1 Å². The van der Waals surface area contributed by atoms with Gasteiger partial charge in [0, 0.05) is 36.8 Å². The number of ether oxygens (including phenoxy) is 2. The Balaban J connectivity index is 1.72. The topological polar surface area (TPSA) is 79.3 Å². The fraction of sp³-hybridized carbons (Fsp3) is 0.385. The summed E-state index contributed by atoms with van der Waals surface area (Å²) in [5.41, 5.74) is 0.623. The molecule has 4 rings (SSSR count). The van der Waals surface area contributed by atoms with Gasteiger partial charge < -0.3 is 19.5 Å². The van der Waals surface area contributed by atoms with E-state index in [4.69, 9.17) is 21.1 Å². The van der Waals surface area contributed by atoms with E-state index in [0.29, 0.717) is 30.3 Å². The third-order valence-electron chi connectivity index (χ3n) is 6.05. The maximum absolute atomic E-state index is 14.6. The van der Waals surface area contributed by atoms with Gasteiger partial charge in [0.25, 0.3) is 11.7 Å². The van der Waals surface area contributed by atoms with Crippen LogP contribution < -0.4 is 4.74 Å². The largest absolute Gasteiger partial charge is 0.507 e. The number of Topliss-reactive ketones (excluding diaryl/α,β-unsaturated/α-hetero) is 1. The second-order valence-electron chi connectivity index (χ2n) is 8.81. The minimum atomic E-state index is -0.831. The molecule has 2 aliphatic heterocycles. The molecule has 1 amide bonds. The van der Waals surface area contributed by atoms with Crippen molar-refractivity contribution in [1.29, 1.82) is 0 Å². The molecule has 2 aromatic carbocycles. The fourth-order valence-corrected chi connectivity index (χ4v) is 4.46. The molecule has 0 aromatic heterocycles. The van der Waals surface area contributed by atoms with E-state index in [2.05, 4.69) is 4.90 Å². The Morgan fingerprint density at radius 3 is 2.46 bits per heavy atom. The summed E-state index contributed by atoms with van der Waals surface area (Å²) in [6, 6.07) is 9.90. The molecule has 2 heterocycles. The van der Waals surface area contributed by atoms with Gasteiger partial charge in [-0.15, -0.1) is 0 Å². The number of amides is 1. The average Bonchev–Trinajstić information content (AvgIpc) is 3.09. The van der Waals surface area contributed by atoms with Gasteiger partial charge in [-0.2, -0.15) is 0 Å². The molecule has 0 bridgehead atoms. The fourth-order valence-electron chi connectivity index (χ4n) is 4.33. The quantitative estimate of drug-likeness (QED) is 0.350. The van der Waals surface area contributed by atoms with Crippen molar-refractivity contribution in [3.05, 3.63) is 70.0 Å². The minimum absolute atomic E-state index is 0.0387. The zero-order valence-electron chi connectivity index (χ0n) is 19.7. The highest BCUT2D eigenvalue weighted by Gasteiger charge is 2.46. The van der Waals surface area contributed by atoms with Gasteiger partial charge in [-0.1, -0.05) is 23.7 Å². The van der Waals surface area contributed by atoms with E-state index in [1.165, 1.54) is 17.0 Å². The number of carbonyl (C=O) groups excluding carboxylic acids is 2. The monoisotopic (exact) mass is 502 g/mol. The summed E-state index contributed by atoms with van der Waals surface area (Å²) in [4.78, 5) is 29.8. The van der Waals surface area contributed by atoms with E-state index in [0.717, 1.165) is 19.2 Å². The number of ketones is 1. The van der Waals surface area contributed by atoms with Crippen LogP contribution in [0.1, 0.15) is 31.0 Å². The van der Waals surface area contributed by atoms with Crippen molar-refractivity contribution in [3.63, 3.8) is 0 Å². The van der Waals surface area contributed by atoms with Crippen molar-refractivity contribution in [2.45, 2.75) is 26.0 Å². The Bertz CT molecular complexity index is 1130. The highest BCUT2D eigenvalue weighted by atomic mass is 35.5. The molecule has 1 unspecified atom stereocenters. The SMILES string of the molecule is CC(C)Oc1ccc(/C(O)=C2/C(=O)C(=O)N(CCN3CCOCC3)C2c2ccc(Cl)cc2)cc1F. The average molecular weight is 503 g/mol. The Morgan fingerprint density at radius 2 is 1.83 bits per heavy atom. The van der Waals surface area contributed by atoms with E-state index >= 15 is 0 Å². The number of halogens is 2. The molecule has 0 spiro atoms. The first-order chi connectivity index (χ1) is 16.8. The van der Waals surface area contributed by atoms with Crippen LogP contribution in [0.3, 0.4) is 0 Å². The molecular weight excluding hydrogens is 475 g/mol.